The molecule has 0 N–H and O–H groups in total. The predicted octanol–water partition coefficient (Wildman–Crippen LogP) is 2.30. The monoisotopic (exact) mass is 339 g/mol. The number of carbonyl (C=O) groups is 1. The number of amides is 1. The quantitative estimate of drug-likeness (QED) is 0.732. The molecule has 1 amide bonds. The van der Waals surface area contributed by atoms with Crippen molar-refractivity contribution in [3.8, 4) is 0 Å². The molecule has 4 rings (SSSR count). The van der Waals surface area contributed by atoms with Crippen molar-refractivity contribution in [2.45, 2.75) is 18.9 Å². The summed E-state index contributed by atoms with van der Waals surface area (Å²) in [6, 6.07) is 5.82. The highest BCUT2D eigenvalue weighted by atomic mass is 16.3. The summed E-state index contributed by atoms with van der Waals surface area (Å²) in [5, 5.41) is 5.25. The van der Waals surface area contributed by atoms with Gasteiger partial charge in [-0.25, -0.2) is 4.98 Å². The lowest BCUT2D eigenvalue weighted by atomic mass is 10.0. The van der Waals surface area contributed by atoms with E-state index in [0.29, 0.717) is 5.69 Å². The van der Waals surface area contributed by atoms with Crippen LogP contribution in [0.15, 0.2) is 41.3 Å². The second kappa shape index (κ2) is 6.23. The Hall–Kier alpha value is -2.83. The average Bonchev–Trinajstić information content (AvgIpc) is 3.29. The highest BCUT2D eigenvalue weighted by molar-refractivity contribution is 5.92. The van der Waals surface area contributed by atoms with Gasteiger partial charge in [-0.2, -0.15) is 5.10 Å². The molecule has 0 aliphatic carbocycles. The van der Waals surface area contributed by atoms with Gasteiger partial charge in [-0.15, -0.1) is 0 Å². The van der Waals surface area contributed by atoms with Crippen LogP contribution in [0.25, 0.3) is 11.0 Å². The molecule has 7 nitrogen and oxygen atoms in total. The number of nitrogens with zero attached hydrogens (tertiary/aromatic N) is 5. The Balaban J connectivity index is 1.44. The van der Waals surface area contributed by atoms with Gasteiger partial charge in [-0.3, -0.25) is 9.48 Å². The maximum atomic E-state index is 12.6. The third-order valence-corrected chi connectivity index (χ3v) is 4.92. The first-order valence-corrected chi connectivity index (χ1v) is 8.47. The Morgan fingerprint density at radius 3 is 2.80 bits per heavy atom. The summed E-state index contributed by atoms with van der Waals surface area (Å²) in [5.74, 6) is 0.942. The molecule has 7 heteroatoms. The topological polar surface area (TPSA) is 67.4 Å². The van der Waals surface area contributed by atoms with Crippen molar-refractivity contribution in [2.75, 3.05) is 25.0 Å². The van der Waals surface area contributed by atoms with Crippen LogP contribution >= 0.6 is 0 Å². The summed E-state index contributed by atoms with van der Waals surface area (Å²) in [6.45, 7) is 1.73. The van der Waals surface area contributed by atoms with Crippen molar-refractivity contribution >= 4 is 22.7 Å². The molecule has 0 radical (unpaired) electrons. The van der Waals surface area contributed by atoms with E-state index in [9.17, 15) is 4.79 Å². The highest BCUT2D eigenvalue weighted by Crippen LogP contribution is 2.28. The molecular formula is C18H21N5O2. The number of rotatable bonds is 3. The standard InChI is InChI=1S/C18H21N5O2/c1-21-9-6-15(20-21)18(24)22(2)13-4-10-23(11-5-13)17-14-7-12-25-16(14)3-8-19-17/h3,6-9,12-13H,4-5,10-11H2,1-2H3. The van der Waals surface area contributed by atoms with Crippen LogP contribution in [-0.4, -0.2) is 51.8 Å². The van der Waals surface area contributed by atoms with E-state index in [1.54, 1.807) is 29.4 Å². The van der Waals surface area contributed by atoms with E-state index in [1.807, 2.05) is 31.1 Å². The normalized spacial score (nSPS) is 15.7. The maximum Gasteiger partial charge on any atom is 0.274 e. The van der Waals surface area contributed by atoms with E-state index >= 15 is 0 Å². The molecule has 1 saturated heterocycles. The summed E-state index contributed by atoms with van der Waals surface area (Å²) in [7, 11) is 3.69. The maximum absolute atomic E-state index is 12.6. The van der Waals surface area contributed by atoms with E-state index in [4.69, 9.17) is 4.42 Å². The lowest BCUT2D eigenvalue weighted by Crippen LogP contribution is -2.46. The van der Waals surface area contributed by atoms with Gasteiger partial charge in [0, 0.05) is 45.6 Å². The van der Waals surface area contributed by atoms with Crippen LogP contribution < -0.4 is 4.90 Å². The van der Waals surface area contributed by atoms with E-state index in [0.717, 1.165) is 42.7 Å². The minimum absolute atomic E-state index is 0.0193. The molecular weight excluding hydrogens is 318 g/mol. The lowest BCUT2D eigenvalue weighted by molar-refractivity contribution is 0.0702. The van der Waals surface area contributed by atoms with Crippen LogP contribution in [0.5, 0.6) is 0 Å². The van der Waals surface area contributed by atoms with Crippen LogP contribution in [0, 0.1) is 0 Å². The first-order chi connectivity index (χ1) is 12.1. The fourth-order valence-corrected chi connectivity index (χ4v) is 3.47. The van der Waals surface area contributed by atoms with Crippen molar-refractivity contribution in [1.29, 1.82) is 0 Å². The van der Waals surface area contributed by atoms with Gasteiger partial charge in [-0.05, 0) is 31.0 Å². The molecule has 0 unspecified atom stereocenters. The largest absolute Gasteiger partial charge is 0.464 e. The molecule has 0 atom stereocenters. The highest BCUT2D eigenvalue weighted by Gasteiger charge is 2.28. The first kappa shape index (κ1) is 15.7. The van der Waals surface area contributed by atoms with E-state index in [-0.39, 0.29) is 11.9 Å². The molecule has 3 aromatic rings. The molecule has 0 aromatic carbocycles. The van der Waals surface area contributed by atoms with Gasteiger partial charge < -0.3 is 14.2 Å². The van der Waals surface area contributed by atoms with Gasteiger partial charge >= 0.3 is 0 Å². The number of hydrogen-bond donors (Lipinski definition) is 0. The van der Waals surface area contributed by atoms with Crippen LogP contribution in [0.3, 0.4) is 0 Å². The van der Waals surface area contributed by atoms with E-state index in [2.05, 4.69) is 15.0 Å². The fraction of sp³-hybridized carbons (Fsp3) is 0.389. The van der Waals surface area contributed by atoms with Crippen LogP contribution in [-0.2, 0) is 7.05 Å². The summed E-state index contributed by atoms with van der Waals surface area (Å²) >= 11 is 0. The van der Waals surface area contributed by atoms with Gasteiger partial charge in [-0.1, -0.05) is 0 Å². The van der Waals surface area contributed by atoms with Gasteiger partial charge in [0.15, 0.2) is 0 Å². The van der Waals surface area contributed by atoms with Gasteiger partial charge in [0.25, 0.3) is 5.91 Å². The van der Waals surface area contributed by atoms with Crippen LogP contribution in [0.1, 0.15) is 23.3 Å². The zero-order valence-electron chi connectivity index (χ0n) is 14.4. The Bertz CT molecular complexity index is 892. The molecule has 0 saturated carbocycles. The number of fused-ring (bicyclic) bond motifs is 1. The van der Waals surface area contributed by atoms with Crippen molar-refractivity contribution in [3.05, 3.63) is 42.5 Å². The van der Waals surface area contributed by atoms with E-state index in [1.165, 1.54) is 0 Å². The second-order valence-electron chi connectivity index (χ2n) is 6.48. The number of anilines is 1. The molecule has 130 valence electrons. The van der Waals surface area contributed by atoms with Crippen LogP contribution in [0.4, 0.5) is 5.82 Å². The molecule has 0 bridgehead atoms. The smallest absolute Gasteiger partial charge is 0.274 e. The first-order valence-electron chi connectivity index (χ1n) is 8.47. The summed E-state index contributed by atoms with van der Waals surface area (Å²) < 4.78 is 7.12. The fourth-order valence-electron chi connectivity index (χ4n) is 3.47. The molecule has 1 aliphatic rings. The number of carbonyl (C=O) groups excluding carboxylic acids is 1. The van der Waals surface area contributed by atoms with Crippen molar-refractivity contribution < 1.29 is 9.21 Å². The number of furan rings is 1. The minimum Gasteiger partial charge on any atom is -0.464 e. The SMILES string of the molecule is CN(C(=O)c1ccn(C)n1)C1CCN(c2nccc3occc23)CC1. The number of piperidine rings is 1. The number of pyridine rings is 1. The number of aryl methyl sites for hydroxylation is 1. The average molecular weight is 339 g/mol. The molecule has 4 heterocycles. The zero-order valence-corrected chi connectivity index (χ0v) is 14.4. The minimum atomic E-state index is -0.0193. The third kappa shape index (κ3) is 2.86. The predicted molar refractivity (Wildman–Crippen MR) is 94.5 cm³/mol. The van der Waals surface area contributed by atoms with Crippen LogP contribution in [0.2, 0.25) is 0 Å². The van der Waals surface area contributed by atoms with Gasteiger partial charge in [0.05, 0.1) is 11.6 Å². The number of aromatic nitrogens is 3. The Morgan fingerprint density at radius 1 is 1.28 bits per heavy atom. The van der Waals surface area contributed by atoms with Crippen molar-refractivity contribution in [3.63, 3.8) is 0 Å². The van der Waals surface area contributed by atoms with Crippen molar-refractivity contribution in [2.24, 2.45) is 7.05 Å². The third-order valence-electron chi connectivity index (χ3n) is 4.92. The molecule has 1 aliphatic heterocycles. The van der Waals surface area contributed by atoms with Gasteiger partial charge in [0.1, 0.15) is 17.1 Å². The molecule has 3 aromatic heterocycles. The Labute approximate surface area is 145 Å². The van der Waals surface area contributed by atoms with E-state index < -0.39 is 0 Å². The Kier molecular flexibility index (Phi) is 3.91. The van der Waals surface area contributed by atoms with Crippen molar-refractivity contribution in [1.82, 2.24) is 19.7 Å². The lowest BCUT2D eigenvalue weighted by Gasteiger charge is -2.37. The molecule has 0 spiro atoms. The molecule has 1 fully saturated rings. The number of hydrogen-bond acceptors (Lipinski definition) is 5. The second-order valence-corrected chi connectivity index (χ2v) is 6.48. The summed E-state index contributed by atoms with van der Waals surface area (Å²) in [6.07, 6.45) is 7.09. The van der Waals surface area contributed by atoms with Gasteiger partial charge in [0.2, 0.25) is 0 Å². The zero-order chi connectivity index (χ0) is 17.4. The Morgan fingerprint density at radius 2 is 2.08 bits per heavy atom. The summed E-state index contributed by atoms with van der Waals surface area (Å²) in [4.78, 5) is 21.2. The molecule has 25 heavy (non-hydrogen) atoms. The summed E-state index contributed by atoms with van der Waals surface area (Å²) in [5.41, 5.74) is 1.35.